The molecule has 0 aliphatic carbocycles. The third kappa shape index (κ3) is 3.55. The Balaban J connectivity index is 1.28. The molecule has 10 rings (SSSR count). The molecule has 4 aromatic heterocycles. The first kappa shape index (κ1) is 24.3. The van der Waals surface area contributed by atoms with Crippen molar-refractivity contribution in [2.45, 2.75) is 0 Å². The van der Waals surface area contributed by atoms with Crippen LogP contribution in [0.4, 0.5) is 0 Å². The highest BCUT2D eigenvalue weighted by molar-refractivity contribution is 6.15. The fourth-order valence-electron chi connectivity index (χ4n) is 6.94. The van der Waals surface area contributed by atoms with E-state index in [1.54, 1.807) is 0 Å². The Morgan fingerprint density at radius 1 is 0.489 bits per heavy atom. The van der Waals surface area contributed by atoms with Crippen LogP contribution in [0.5, 0.6) is 0 Å². The van der Waals surface area contributed by atoms with Crippen LogP contribution >= 0.6 is 0 Å². The van der Waals surface area contributed by atoms with Gasteiger partial charge < -0.3 is 8.98 Å². The molecule has 0 radical (unpaired) electrons. The molecule has 0 N–H and O–H groups in total. The largest absolute Gasteiger partial charge is 0.436 e. The number of para-hydroxylation sites is 3. The van der Waals surface area contributed by atoms with E-state index in [4.69, 9.17) is 14.4 Å². The Kier molecular flexibility index (Phi) is 4.93. The van der Waals surface area contributed by atoms with Gasteiger partial charge in [-0.3, -0.25) is 4.57 Å². The highest BCUT2D eigenvalue weighted by Crippen LogP contribution is 2.39. The maximum atomic E-state index is 6.18. The molecule has 0 amide bonds. The summed E-state index contributed by atoms with van der Waals surface area (Å²) < 4.78 is 10.8. The highest BCUT2D eigenvalue weighted by Gasteiger charge is 2.19. The lowest BCUT2D eigenvalue weighted by Gasteiger charge is -2.11. The zero-order valence-electron chi connectivity index (χ0n) is 24.1. The van der Waals surface area contributed by atoms with E-state index in [1.165, 1.54) is 32.3 Å². The zero-order chi connectivity index (χ0) is 29.5. The van der Waals surface area contributed by atoms with E-state index in [1.807, 2.05) is 42.6 Å². The van der Waals surface area contributed by atoms with Crippen LogP contribution in [0.3, 0.4) is 0 Å². The van der Waals surface area contributed by atoms with E-state index in [9.17, 15) is 0 Å². The molecule has 4 heterocycles. The van der Waals surface area contributed by atoms with Gasteiger partial charge in [-0.15, -0.1) is 0 Å². The number of rotatable bonds is 3. The monoisotopic (exact) mass is 576 g/mol. The quantitative estimate of drug-likeness (QED) is 0.210. The SMILES string of the molecule is c1ccc(-n2c3cc(-n4c5ccccc5c5ccc(-c6nc7ccccc7o6)cc54)ccc3c3cc4ccccc4cc32)nc1. The summed E-state index contributed by atoms with van der Waals surface area (Å²) in [6, 6.07) is 49.0. The van der Waals surface area contributed by atoms with Gasteiger partial charge in [-0.05, 0) is 77.5 Å². The van der Waals surface area contributed by atoms with Crippen LogP contribution in [-0.2, 0) is 0 Å². The molecule has 5 nitrogen and oxygen atoms in total. The summed E-state index contributed by atoms with van der Waals surface area (Å²) in [7, 11) is 0. The number of oxazole rings is 1. The maximum absolute atomic E-state index is 6.18. The molecule has 0 atom stereocenters. The molecule has 0 saturated heterocycles. The average molecular weight is 577 g/mol. The minimum atomic E-state index is 0.618. The van der Waals surface area contributed by atoms with Gasteiger partial charge >= 0.3 is 0 Å². The number of pyridine rings is 1. The van der Waals surface area contributed by atoms with Gasteiger partial charge in [0, 0.05) is 39.0 Å². The summed E-state index contributed by atoms with van der Waals surface area (Å²) in [5.74, 6) is 1.51. The van der Waals surface area contributed by atoms with E-state index in [0.29, 0.717) is 5.89 Å². The Bertz CT molecular complexity index is 2730. The standard InChI is InChI=1S/C40H24N4O/c1-2-10-26-22-36-32(21-25(26)9-1)31-19-17-28(24-37(31)44(36)39-15-7-8-20-41-39)43-34-13-5-3-11-29(34)30-18-16-27(23-35(30)43)40-42-33-12-4-6-14-38(33)45-40/h1-24H. The van der Waals surface area contributed by atoms with E-state index in [0.717, 1.165) is 50.2 Å². The van der Waals surface area contributed by atoms with Gasteiger partial charge in [-0.2, -0.15) is 0 Å². The van der Waals surface area contributed by atoms with E-state index in [-0.39, 0.29) is 0 Å². The fourth-order valence-corrected chi connectivity index (χ4v) is 6.94. The van der Waals surface area contributed by atoms with Crippen LogP contribution in [0.1, 0.15) is 0 Å². The molecule has 0 unspecified atom stereocenters. The Labute approximate surface area is 257 Å². The van der Waals surface area contributed by atoms with Gasteiger partial charge in [-0.25, -0.2) is 9.97 Å². The third-order valence-electron chi connectivity index (χ3n) is 8.97. The van der Waals surface area contributed by atoms with Crippen molar-refractivity contribution < 1.29 is 4.42 Å². The van der Waals surface area contributed by atoms with Crippen molar-refractivity contribution in [3.63, 3.8) is 0 Å². The minimum Gasteiger partial charge on any atom is -0.436 e. The van der Waals surface area contributed by atoms with Crippen LogP contribution < -0.4 is 0 Å². The third-order valence-corrected chi connectivity index (χ3v) is 8.97. The van der Waals surface area contributed by atoms with Crippen molar-refractivity contribution in [2.24, 2.45) is 0 Å². The highest BCUT2D eigenvalue weighted by atomic mass is 16.3. The minimum absolute atomic E-state index is 0.618. The molecule has 0 saturated carbocycles. The summed E-state index contributed by atoms with van der Waals surface area (Å²) in [6.07, 6.45) is 1.86. The Morgan fingerprint density at radius 2 is 1.20 bits per heavy atom. The van der Waals surface area contributed by atoms with E-state index >= 15 is 0 Å². The van der Waals surface area contributed by atoms with Crippen LogP contribution in [0.2, 0.25) is 0 Å². The van der Waals surface area contributed by atoms with Gasteiger partial charge in [0.15, 0.2) is 5.58 Å². The van der Waals surface area contributed by atoms with E-state index in [2.05, 4.69) is 112 Å². The molecule has 0 aliphatic heterocycles. The molecule has 6 aromatic carbocycles. The maximum Gasteiger partial charge on any atom is 0.227 e. The lowest BCUT2D eigenvalue weighted by molar-refractivity contribution is 0.620. The number of hydrogen-bond acceptors (Lipinski definition) is 3. The fraction of sp³-hybridized carbons (Fsp3) is 0. The molecule has 0 spiro atoms. The van der Waals surface area contributed by atoms with Gasteiger partial charge in [0.1, 0.15) is 11.3 Å². The summed E-state index contributed by atoms with van der Waals surface area (Å²) >= 11 is 0. The molecule has 210 valence electrons. The van der Waals surface area contributed by atoms with Crippen LogP contribution in [0.15, 0.2) is 150 Å². The van der Waals surface area contributed by atoms with Crippen molar-refractivity contribution in [1.29, 1.82) is 0 Å². The van der Waals surface area contributed by atoms with Crippen LogP contribution in [-0.4, -0.2) is 19.1 Å². The number of aromatic nitrogens is 4. The molecular formula is C40H24N4O. The molecule has 0 fully saturated rings. The van der Waals surface area contributed by atoms with Gasteiger partial charge in [0.05, 0.1) is 22.1 Å². The summed E-state index contributed by atoms with van der Waals surface area (Å²) in [5.41, 5.74) is 8.15. The predicted molar refractivity (Wildman–Crippen MR) is 183 cm³/mol. The van der Waals surface area contributed by atoms with E-state index < -0.39 is 0 Å². The normalized spacial score (nSPS) is 12.0. The van der Waals surface area contributed by atoms with Crippen molar-refractivity contribution in [1.82, 2.24) is 19.1 Å². The van der Waals surface area contributed by atoms with Crippen molar-refractivity contribution in [2.75, 3.05) is 0 Å². The smallest absolute Gasteiger partial charge is 0.227 e. The molecule has 0 aliphatic rings. The van der Waals surface area contributed by atoms with Crippen LogP contribution in [0.25, 0.3) is 88.4 Å². The first-order valence-electron chi connectivity index (χ1n) is 15.1. The summed E-state index contributed by atoms with van der Waals surface area (Å²) in [6.45, 7) is 0. The Hall–Kier alpha value is -6.20. The Morgan fingerprint density at radius 3 is 2.09 bits per heavy atom. The van der Waals surface area contributed by atoms with Crippen molar-refractivity contribution in [3.8, 4) is 23.0 Å². The second kappa shape index (κ2) is 9.15. The number of nitrogens with zero attached hydrogens (tertiary/aromatic N) is 4. The van der Waals surface area contributed by atoms with Crippen LogP contribution in [0, 0.1) is 0 Å². The number of benzene rings is 6. The molecule has 10 aromatic rings. The van der Waals surface area contributed by atoms with Gasteiger partial charge in [0.25, 0.3) is 0 Å². The second-order valence-electron chi connectivity index (χ2n) is 11.5. The topological polar surface area (TPSA) is 48.8 Å². The van der Waals surface area contributed by atoms with Gasteiger partial charge in [-0.1, -0.05) is 72.8 Å². The second-order valence-corrected chi connectivity index (χ2v) is 11.5. The molecule has 0 bridgehead atoms. The summed E-state index contributed by atoms with van der Waals surface area (Å²) in [4.78, 5) is 9.59. The zero-order valence-corrected chi connectivity index (χ0v) is 24.1. The van der Waals surface area contributed by atoms with Crippen molar-refractivity contribution in [3.05, 3.63) is 146 Å². The number of hydrogen-bond donors (Lipinski definition) is 0. The number of fused-ring (bicyclic) bond motifs is 8. The lowest BCUT2D eigenvalue weighted by atomic mass is 10.1. The average Bonchev–Trinajstić information content (AvgIpc) is 3.77. The first-order chi connectivity index (χ1) is 22.3. The summed E-state index contributed by atoms with van der Waals surface area (Å²) in [5, 5.41) is 7.22. The predicted octanol–water partition coefficient (Wildman–Crippen LogP) is 10.2. The van der Waals surface area contributed by atoms with Gasteiger partial charge in [0.2, 0.25) is 5.89 Å². The molecule has 5 heteroatoms. The lowest BCUT2D eigenvalue weighted by Crippen LogP contribution is -1.98. The van der Waals surface area contributed by atoms with Crippen molar-refractivity contribution >= 4 is 65.5 Å². The molecule has 45 heavy (non-hydrogen) atoms. The first-order valence-corrected chi connectivity index (χ1v) is 15.1. The molecular weight excluding hydrogens is 552 g/mol.